The van der Waals surface area contributed by atoms with Crippen molar-refractivity contribution in [3.8, 4) is 17.4 Å². The lowest BCUT2D eigenvalue weighted by Gasteiger charge is -2.10. The summed E-state index contributed by atoms with van der Waals surface area (Å²) in [6.45, 7) is -0.0769. The lowest BCUT2D eigenvalue weighted by Crippen LogP contribution is -2.05. The van der Waals surface area contributed by atoms with Crippen molar-refractivity contribution in [1.82, 2.24) is 4.98 Å². The maximum absolute atomic E-state index is 12.5. The maximum Gasteiger partial charge on any atom is 0.417 e. The lowest BCUT2D eigenvalue weighted by molar-refractivity contribution is -0.137. The van der Waals surface area contributed by atoms with Crippen LogP contribution < -0.4 is 9.47 Å². The molecular formula is C14H9ClF3NO3. The van der Waals surface area contributed by atoms with E-state index in [1.807, 2.05) is 0 Å². The summed E-state index contributed by atoms with van der Waals surface area (Å²) in [5.41, 5.74) is -0.956. The number of rotatable bonds is 5. The highest BCUT2D eigenvalue weighted by molar-refractivity contribution is 6.31. The van der Waals surface area contributed by atoms with Crippen LogP contribution in [0.3, 0.4) is 0 Å². The molecule has 0 aliphatic heterocycles. The molecule has 0 amide bonds. The van der Waals surface area contributed by atoms with Crippen molar-refractivity contribution >= 4 is 17.9 Å². The Kier molecular flexibility index (Phi) is 4.87. The average Bonchev–Trinajstić information content (AvgIpc) is 2.47. The van der Waals surface area contributed by atoms with Gasteiger partial charge < -0.3 is 9.47 Å². The van der Waals surface area contributed by atoms with Crippen LogP contribution in [-0.2, 0) is 11.0 Å². The Bertz CT molecular complexity index is 659. The van der Waals surface area contributed by atoms with E-state index in [9.17, 15) is 18.0 Å². The van der Waals surface area contributed by atoms with E-state index in [1.54, 1.807) is 0 Å². The Morgan fingerprint density at radius 1 is 1.18 bits per heavy atom. The van der Waals surface area contributed by atoms with E-state index < -0.39 is 11.7 Å². The van der Waals surface area contributed by atoms with Gasteiger partial charge in [-0.25, -0.2) is 4.98 Å². The highest BCUT2D eigenvalue weighted by atomic mass is 35.5. The largest absolute Gasteiger partial charge is 0.486 e. The summed E-state index contributed by atoms with van der Waals surface area (Å²) in [4.78, 5) is 13.7. The first kappa shape index (κ1) is 16.1. The van der Waals surface area contributed by atoms with Crippen molar-refractivity contribution in [2.75, 3.05) is 6.61 Å². The molecule has 0 fully saturated rings. The molecule has 0 unspecified atom stereocenters. The lowest BCUT2D eigenvalue weighted by atomic mass is 10.3. The molecular weight excluding hydrogens is 323 g/mol. The van der Waals surface area contributed by atoms with Crippen LogP contribution in [0.2, 0.25) is 5.02 Å². The van der Waals surface area contributed by atoms with Gasteiger partial charge in [0.05, 0.1) is 5.56 Å². The summed E-state index contributed by atoms with van der Waals surface area (Å²) in [5, 5.41) is -0.254. The smallest absolute Gasteiger partial charge is 0.417 e. The summed E-state index contributed by atoms with van der Waals surface area (Å²) in [7, 11) is 0. The minimum absolute atomic E-state index is 0.0769. The van der Waals surface area contributed by atoms with Crippen LogP contribution in [0.1, 0.15) is 5.56 Å². The van der Waals surface area contributed by atoms with Crippen LogP contribution in [0.25, 0.3) is 0 Å². The van der Waals surface area contributed by atoms with Crippen molar-refractivity contribution in [2.24, 2.45) is 0 Å². The Labute approximate surface area is 128 Å². The van der Waals surface area contributed by atoms with Gasteiger partial charge in [-0.2, -0.15) is 13.2 Å². The number of nitrogens with zero attached hydrogens (tertiary/aromatic N) is 1. The van der Waals surface area contributed by atoms with Gasteiger partial charge in [-0.05, 0) is 30.3 Å². The zero-order valence-corrected chi connectivity index (χ0v) is 11.7. The van der Waals surface area contributed by atoms with E-state index in [4.69, 9.17) is 21.1 Å². The number of benzene rings is 1. The van der Waals surface area contributed by atoms with E-state index in [-0.39, 0.29) is 17.5 Å². The van der Waals surface area contributed by atoms with Crippen molar-refractivity contribution < 1.29 is 27.4 Å². The first-order valence-electron chi connectivity index (χ1n) is 5.97. The van der Waals surface area contributed by atoms with E-state index in [0.717, 1.165) is 6.07 Å². The number of halogens is 4. The molecule has 0 saturated carbocycles. The van der Waals surface area contributed by atoms with Gasteiger partial charge in [-0.15, -0.1) is 0 Å². The molecule has 0 aliphatic rings. The van der Waals surface area contributed by atoms with Crippen LogP contribution in [0.15, 0.2) is 36.5 Å². The van der Waals surface area contributed by atoms with Crippen molar-refractivity contribution in [3.63, 3.8) is 0 Å². The molecule has 116 valence electrons. The van der Waals surface area contributed by atoms with E-state index >= 15 is 0 Å². The second kappa shape index (κ2) is 6.65. The molecule has 0 bridgehead atoms. The first-order valence-corrected chi connectivity index (χ1v) is 6.35. The van der Waals surface area contributed by atoms with E-state index in [2.05, 4.69) is 4.98 Å². The van der Waals surface area contributed by atoms with Crippen molar-refractivity contribution in [2.45, 2.75) is 6.18 Å². The second-order valence-electron chi connectivity index (χ2n) is 4.06. The molecule has 22 heavy (non-hydrogen) atoms. The summed E-state index contributed by atoms with van der Waals surface area (Å²) >= 11 is 5.73. The predicted molar refractivity (Wildman–Crippen MR) is 72.3 cm³/mol. The molecule has 0 aliphatic carbocycles. The van der Waals surface area contributed by atoms with Crippen LogP contribution >= 0.6 is 11.6 Å². The van der Waals surface area contributed by atoms with Gasteiger partial charge >= 0.3 is 6.18 Å². The maximum atomic E-state index is 12.5. The standard InChI is InChI=1S/C14H9ClF3NO3/c15-12-7-9(14(16,17)18)8-19-13(12)22-11-3-1-10(2-4-11)21-6-5-20/h1-5,7-8H,6H2. The molecule has 0 atom stereocenters. The summed E-state index contributed by atoms with van der Waals surface area (Å²) in [5.74, 6) is 0.620. The fraction of sp³-hybridized carbons (Fsp3) is 0.143. The molecule has 2 aromatic rings. The zero-order chi connectivity index (χ0) is 16.2. The molecule has 1 heterocycles. The van der Waals surface area contributed by atoms with Gasteiger partial charge in [-0.3, -0.25) is 4.79 Å². The quantitative estimate of drug-likeness (QED) is 0.773. The molecule has 0 radical (unpaired) electrons. The Morgan fingerprint density at radius 2 is 1.82 bits per heavy atom. The highest BCUT2D eigenvalue weighted by Crippen LogP contribution is 2.34. The molecule has 1 aromatic carbocycles. The molecule has 1 aromatic heterocycles. The Balaban J connectivity index is 2.12. The summed E-state index contributed by atoms with van der Waals surface area (Å²) in [6.07, 6.45) is -3.27. The van der Waals surface area contributed by atoms with Crippen molar-refractivity contribution in [1.29, 1.82) is 0 Å². The summed E-state index contributed by atoms with van der Waals surface area (Å²) < 4.78 is 47.8. The monoisotopic (exact) mass is 331 g/mol. The number of hydrogen-bond donors (Lipinski definition) is 0. The van der Waals surface area contributed by atoms with Crippen LogP contribution in [0.4, 0.5) is 13.2 Å². The fourth-order valence-electron chi connectivity index (χ4n) is 1.50. The third kappa shape index (κ3) is 4.11. The van der Waals surface area contributed by atoms with E-state index in [0.29, 0.717) is 24.0 Å². The third-order valence-corrected chi connectivity index (χ3v) is 2.76. The number of aldehydes is 1. The second-order valence-corrected chi connectivity index (χ2v) is 4.47. The Morgan fingerprint density at radius 3 is 2.36 bits per heavy atom. The first-order chi connectivity index (χ1) is 10.4. The molecule has 0 N–H and O–H groups in total. The normalized spacial score (nSPS) is 11.1. The topological polar surface area (TPSA) is 48.4 Å². The third-order valence-electron chi connectivity index (χ3n) is 2.49. The minimum atomic E-state index is -4.52. The summed E-state index contributed by atoms with van der Waals surface area (Å²) in [6, 6.07) is 6.84. The number of carbonyl (C=O) groups excluding carboxylic acids is 1. The van der Waals surface area contributed by atoms with Gasteiger partial charge in [-0.1, -0.05) is 11.6 Å². The van der Waals surface area contributed by atoms with Crippen LogP contribution in [-0.4, -0.2) is 17.9 Å². The van der Waals surface area contributed by atoms with Crippen LogP contribution in [0, 0.1) is 0 Å². The van der Waals surface area contributed by atoms with E-state index in [1.165, 1.54) is 24.3 Å². The molecule has 0 spiro atoms. The number of ether oxygens (including phenoxy) is 2. The SMILES string of the molecule is O=CCOc1ccc(Oc2ncc(C(F)(F)F)cc2Cl)cc1. The van der Waals surface area contributed by atoms with Gasteiger partial charge in [0.25, 0.3) is 0 Å². The number of alkyl halides is 3. The molecule has 2 rings (SSSR count). The van der Waals surface area contributed by atoms with Gasteiger partial charge in [0.15, 0.2) is 6.29 Å². The molecule has 8 heteroatoms. The van der Waals surface area contributed by atoms with Crippen LogP contribution in [0.5, 0.6) is 17.4 Å². The molecule has 0 saturated heterocycles. The fourth-order valence-corrected chi connectivity index (χ4v) is 1.71. The minimum Gasteiger partial charge on any atom is -0.486 e. The number of hydrogen-bond acceptors (Lipinski definition) is 4. The highest BCUT2D eigenvalue weighted by Gasteiger charge is 2.31. The number of pyridine rings is 1. The zero-order valence-electron chi connectivity index (χ0n) is 10.9. The Hall–Kier alpha value is -2.28. The van der Waals surface area contributed by atoms with Gasteiger partial charge in [0, 0.05) is 6.20 Å². The van der Waals surface area contributed by atoms with Gasteiger partial charge in [0.1, 0.15) is 23.1 Å². The molecule has 4 nitrogen and oxygen atoms in total. The predicted octanol–water partition coefficient (Wildman–Crippen LogP) is 4.12. The number of carbonyl (C=O) groups is 1. The van der Waals surface area contributed by atoms with Crippen molar-refractivity contribution in [3.05, 3.63) is 47.1 Å². The van der Waals surface area contributed by atoms with Gasteiger partial charge in [0.2, 0.25) is 5.88 Å². The average molecular weight is 332 g/mol. The number of aromatic nitrogens is 1.